The molecular formula is C19H16FN3O3S. The number of hydrogen-bond acceptors (Lipinski definition) is 6. The molecule has 27 heavy (non-hydrogen) atoms. The van der Waals surface area contributed by atoms with Crippen LogP contribution in [0, 0.1) is 12.7 Å². The summed E-state index contributed by atoms with van der Waals surface area (Å²) in [5.74, 6) is -0.839. The van der Waals surface area contributed by atoms with Gasteiger partial charge in [0.2, 0.25) is 0 Å². The highest BCUT2D eigenvalue weighted by molar-refractivity contribution is 7.17. The van der Waals surface area contributed by atoms with Crippen LogP contribution in [0.5, 0.6) is 5.75 Å². The Bertz CT molecular complexity index is 1000. The Hall–Kier alpha value is -3.10. The van der Waals surface area contributed by atoms with E-state index in [-0.39, 0.29) is 18.2 Å². The van der Waals surface area contributed by atoms with Crippen molar-refractivity contribution in [3.63, 3.8) is 0 Å². The number of pyridine rings is 1. The normalized spacial score (nSPS) is 11.1. The molecule has 138 valence electrons. The second-order valence-corrected chi connectivity index (χ2v) is 6.74. The molecule has 0 aliphatic carbocycles. The van der Waals surface area contributed by atoms with Crippen molar-refractivity contribution in [1.29, 1.82) is 0 Å². The first-order chi connectivity index (χ1) is 13.0. The first-order valence-corrected chi connectivity index (χ1v) is 8.78. The Morgan fingerprint density at radius 3 is 2.74 bits per heavy atom. The molecule has 1 aromatic carbocycles. The van der Waals surface area contributed by atoms with Gasteiger partial charge in [0.1, 0.15) is 11.6 Å². The fourth-order valence-electron chi connectivity index (χ4n) is 2.36. The van der Waals surface area contributed by atoms with E-state index in [9.17, 15) is 19.4 Å². The molecule has 8 heteroatoms. The number of nitrogens with zero attached hydrogens (tertiary/aromatic N) is 2. The average Bonchev–Trinajstić information content (AvgIpc) is 3.16. The predicted molar refractivity (Wildman–Crippen MR) is 101 cm³/mol. The molecule has 0 saturated carbocycles. The van der Waals surface area contributed by atoms with Gasteiger partial charge >= 0.3 is 0 Å². The van der Waals surface area contributed by atoms with Crippen LogP contribution in [0.4, 0.5) is 4.39 Å². The maximum atomic E-state index is 13.0. The maximum Gasteiger partial charge on any atom is 0.281 e. The van der Waals surface area contributed by atoms with Crippen LogP contribution in [0.25, 0.3) is 10.4 Å². The number of thiophene rings is 1. The zero-order valence-electron chi connectivity index (χ0n) is 14.3. The lowest BCUT2D eigenvalue weighted by atomic mass is 10.1. The fraction of sp³-hybridized carbons (Fsp3) is 0.105. The van der Waals surface area contributed by atoms with Gasteiger partial charge < -0.3 is 10.2 Å². The zero-order chi connectivity index (χ0) is 19.4. The van der Waals surface area contributed by atoms with E-state index in [0.717, 1.165) is 10.4 Å². The average molecular weight is 385 g/mol. The van der Waals surface area contributed by atoms with Crippen LogP contribution in [0.15, 0.2) is 47.7 Å². The number of hydrazone groups is 1. The molecule has 1 amide bonds. The van der Waals surface area contributed by atoms with Crippen molar-refractivity contribution in [2.24, 2.45) is 5.10 Å². The van der Waals surface area contributed by atoms with E-state index in [4.69, 9.17) is 0 Å². The SMILES string of the molecule is Cc1ncc(CO)c(/C=N/NC(=O)c2ccc(-c3ccc(F)cc3)s2)c1O. The van der Waals surface area contributed by atoms with E-state index in [2.05, 4.69) is 15.5 Å². The van der Waals surface area contributed by atoms with Crippen molar-refractivity contribution in [2.45, 2.75) is 13.5 Å². The van der Waals surface area contributed by atoms with E-state index in [1.165, 1.54) is 35.9 Å². The summed E-state index contributed by atoms with van der Waals surface area (Å²) >= 11 is 1.25. The molecule has 0 unspecified atom stereocenters. The number of rotatable bonds is 5. The fourth-order valence-corrected chi connectivity index (χ4v) is 3.26. The van der Waals surface area contributed by atoms with Crippen molar-refractivity contribution < 1.29 is 19.4 Å². The Labute approximate surface area is 158 Å². The molecule has 0 aliphatic heterocycles. The Kier molecular flexibility index (Phi) is 5.58. The first kappa shape index (κ1) is 18.7. The van der Waals surface area contributed by atoms with Crippen molar-refractivity contribution in [3.05, 3.63) is 70.1 Å². The molecule has 2 heterocycles. The number of aromatic hydroxyl groups is 1. The van der Waals surface area contributed by atoms with E-state index in [1.54, 1.807) is 31.2 Å². The van der Waals surface area contributed by atoms with Crippen LogP contribution in [0.3, 0.4) is 0 Å². The van der Waals surface area contributed by atoms with Crippen molar-refractivity contribution in [3.8, 4) is 16.2 Å². The number of amides is 1. The minimum absolute atomic E-state index is 0.103. The van der Waals surface area contributed by atoms with Gasteiger partial charge in [0.15, 0.2) is 0 Å². The number of aliphatic hydroxyl groups excluding tert-OH is 1. The molecule has 0 radical (unpaired) electrons. The topological polar surface area (TPSA) is 94.8 Å². The lowest BCUT2D eigenvalue weighted by Crippen LogP contribution is -2.16. The summed E-state index contributed by atoms with van der Waals surface area (Å²) in [6.45, 7) is 1.30. The molecule has 0 spiro atoms. The second-order valence-electron chi connectivity index (χ2n) is 5.66. The minimum atomic E-state index is -0.416. The summed E-state index contributed by atoms with van der Waals surface area (Å²) in [5.41, 5.74) is 4.28. The van der Waals surface area contributed by atoms with Crippen LogP contribution in [-0.2, 0) is 6.61 Å². The molecule has 3 rings (SSSR count). The summed E-state index contributed by atoms with van der Waals surface area (Å²) < 4.78 is 13.0. The van der Waals surface area contributed by atoms with Gasteiger partial charge in [-0.3, -0.25) is 9.78 Å². The van der Waals surface area contributed by atoms with E-state index in [0.29, 0.717) is 21.7 Å². The molecular weight excluding hydrogens is 369 g/mol. The number of carbonyl (C=O) groups is 1. The van der Waals surface area contributed by atoms with Crippen molar-refractivity contribution in [1.82, 2.24) is 10.4 Å². The van der Waals surface area contributed by atoms with Crippen LogP contribution in [-0.4, -0.2) is 27.3 Å². The zero-order valence-corrected chi connectivity index (χ0v) is 15.1. The summed E-state index contributed by atoms with van der Waals surface area (Å²) in [6, 6.07) is 9.44. The molecule has 6 nitrogen and oxygen atoms in total. The number of carbonyl (C=O) groups excluding carboxylic acids is 1. The molecule has 0 atom stereocenters. The third-order valence-corrected chi connectivity index (χ3v) is 4.98. The molecule has 0 fully saturated rings. The molecule has 3 aromatic rings. The third kappa shape index (κ3) is 4.18. The van der Waals surface area contributed by atoms with Crippen LogP contribution >= 0.6 is 11.3 Å². The number of nitrogens with one attached hydrogen (secondary N) is 1. The van der Waals surface area contributed by atoms with Crippen molar-refractivity contribution in [2.75, 3.05) is 0 Å². The predicted octanol–water partition coefficient (Wildman–Crippen LogP) is 3.22. The summed E-state index contributed by atoms with van der Waals surface area (Å²) in [7, 11) is 0. The summed E-state index contributed by atoms with van der Waals surface area (Å²) in [6.07, 6.45) is 2.70. The molecule has 0 saturated heterocycles. The molecule has 2 aromatic heterocycles. The van der Waals surface area contributed by atoms with Gasteiger partial charge in [0.25, 0.3) is 5.91 Å². The summed E-state index contributed by atoms with van der Waals surface area (Å²) in [5, 5.41) is 23.2. The van der Waals surface area contributed by atoms with E-state index < -0.39 is 5.91 Å². The van der Waals surface area contributed by atoms with Crippen LogP contribution in [0.1, 0.15) is 26.5 Å². The Morgan fingerprint density at radius 1 is 1.30 bits per heavy atom. The van der Waals surface area contributed by atoms with Gasteiger partial charge in [0.05, 0.1) is 23.4 Å². The van der Waals surface area contributed by atoms with Crippen LogP contribution < -0.4 is 5.43 Å². The summed E-state index contributed by atoms with van der Waals surface area (Å²) in [4.78, 5) is 17.5. The second kappa shape index (κ2) is 8.07. The molecule has 3 N–H and O–H groups in total. The number of aryl methyl sites for hydroxylation is 1. The number of halogens is 1. The van der Waals surface area contributed by atoms with Gasteiger partial charge in [-0.15, -0.1) is 11.3 Å². The third-order valence-electron chi connectivity index (χ3n) is 3.85. The van der Waals surface area contributed by atoms with Crippen molar-refractivity contribution >= 4 is 23.5 Å². The van der Waals surface area contributed by atoms with E-state index in [1.807, 2.05) is 0 Å². The smallest absolute Gasteiger partial charge is 0.281 e. The molecule has 0 bridgehead atoms. The van der Waals surface area contributed by atoms with Gasteiger partial charge in [0, 0.05) is 22.2 Å². The van der Waals surface area contributed by atoms with Gasteiger partial charge in [-0.1, -0.05) is 12.1 Å². The lowest BCUT2D eigenvalue weighted by molar-refractivity contribution is 0.0959. The standard InChI is InChI=1S/C19H16FN3O3S/c1-11-18(25)15(13(10-24)8-21-11)9-22-23-19(26)17-7-6-16(27-17)12-2-4-14(20)5-3-12/h2-9,24-25H,10H2,1H3,(H,23,26)/b22-9+. The maximum absolute atomic E-state index is 13.0. The highest BCUT2D eigenvalue weighted by Gasteiger charge is 2.11. The molecule has 0 aliphatic rings. The van der Waals surface area contributed by atoms with Gasteiger partial charge in [-0.25, -0.2) is 9.82 Å². The number of benzene rings is 1. The number of hydrogen-bond donors (Lipinski definition) is 3. The van der Waals surface area contributed by atoms with Gasteiger partial charge in [-0.05, 0) is 36.8 Å². The highest BCUT2D eigenvalue weighted by atomic mass is 32.1. The minimum Gasteiger partial charge on any atom is -0.505 e. The van der Waals surface area contributed by atoms with Gasteiger partial charge in [-0.2, -0.15) is 5.10 Å². The van der Waals surface area contributed by atoms with Crippen LogP contribution in [0.2, 0.25) is 0 Å². The first-order valence-electron chi connectivity index (χ1n) is 7.97. The monoisotopic (exact) mass is 385 g/mol. The largest absolute Gasteiger partial charge is 0.505 e. The number of aliphatic hydroxyl groups is 1. The Morgan fingerprint density at radius 2 is 2.04 bits per heavy atom. The quantitative estimate of drug-likeness (QED) is 0.464. The Balaban J connectivity index is 1.73. The highest BCUT2D eigenvalue weighted by Crippen LogP contribution is 2.28. The number of aromatic nitrogens is 1. The van der Waals surface area contributed by atoms with E-state index >= 15 is 0 Å². The lowest BCUT2D eigenvalue weighted by Gasteiger charge is -2.06.